The van der Waals surface area contributed by atoms with Crippen LogP contribution in [0, 0.1) is 11.8 Å². The van der Waals surface area contributed by atoms with Crippen LogP contribution in [0.4, 0.5) is 0 Å². The zero-order valence-electron chi connectivity index (χ0n) is 11.4. The van der Waals surface area contributed by atoms with E-state index in [9.17, 15) is 0 Å². The average molecular weight is 224 g/mol. The minimum atomic E-state index is 0.575. The zero-order chi connectivity index (χ0) is 12.2. The Bertz CT molecular complexity index is 195. The van der Waals surface area contributed by atoms with Gasteiger partial charge in [0.25, 0.3) is 0 Å². The summed E-state index contributed by atoms with van der Waals surface area (Å²) < 4.78 is 0. The van der Waals surface area contributed by atoms with Crippen LogP contribution < -0.4 is 0 Å². The third-order valence-corrected chi connectivity index (χ3v) is 2.35. The molecule has 0 rings (SSSR count). The molecule has 0 fully saturated rings. The second-order valence-electron chi connectivity index (χ2n) is 4.88. The Labute approximate surface area is 101 Å². The highest BCUT2D eigenvalue weighted by molar-refractivity contribution is 5.59. The van der Waals surface area contributed by atoms with Gasteiger partial charge in [-0.3, -0.25) is 9.98 Å². The molecule has 16 heavy (non-hydrogen) atoms. The predicted octanol–water partition coefficient (Wildman–Crippen LogP) is 4.00. The first-order valence-corrected chi connectivity index (χ1v) is 6.65. The van der Waals surface area contributed by atoms with E-state index in [4.69, 9.17) is 0 Å². The number of rotatable bonds is 9. The Morgan fingerprint density at radius 1 is 1.12 bits per heavy atom. The maximum absolute atomic E-state index is 4.44. The fraction of sp³-hybridized carbons (Fsp3) is 0.857. The Morgan fingerprint density at radius 2 is 1.88 bits per heavy atom. The Hall–Kier alpha value is -0.660. The van der Waals surface area contributed by atoms with Crippen molar-refractivity contribution in [3.05, 3.63) is 0 Å². The summed E-state index contributed by atoms with van der Waals surface area (Å²) in [6.07, 6.45) is 8.85. The van der Waals surface area contributed by atoms with Gasteiger partial charge >= 0.3 is 0 Å². The van der Waals surface area contributed by atoms with Gasteiger partial charge in [-0.15, -0.1) is 0 Å². The van der Waals surface area contributed by atoms with Crippen molar-refractivity contribution >= 4 is 12.4 Å². The molecule has 0 aromatic heterocycles. The van der Waals surface area contributed by atoms with Crippen LogP contribution in [0.2, 0.25) is 0 Å². The van der Waals surface area contributed by atoms with Crippen molar-refractivity contribution in [1.82, 2.24) is 0 Å². The zero-order valence-corrected chi connectivity index (χ0v) is 11.4. The summed E-state index contributed by atoms with van der Waals surface area (Å²) in [5.41, 5.74) is 0. The number of hydrogen-bond donors (Lipinski definition) is 0. The van der Waals surface area contributed by atoms with Crippen LogP contribution in [0.25, 0.3) is 0 Å². The minimum absolute atomic E-state index is 0.575. The molecule has 0 aromatic carbocycles. The van der Waals surface area contributed by atoms with Gasteiger partial charge in [-0.2, -0.15) is 0 Å². The van der Waals surface area contributed by atoms with E-state index in [1.807, 2.05) is 0 Å². The van der Waals surface area contributed by atoms with E-state index in [0.29, 0.717) is 11.8 Å². The van der Waals surface area contributed by atoms with Crippen LogP contribution >= 0.6 is 0 Å². The van der Waals surface area contributed by atoms with Gasteiger partial charge in [0.2, 0.25) is 0 Å². The molecule has 1 unspecified atom stereocenters. The van der Waals surface area contributed by atoms with Gasteiger partial charge in [0.15, 0.2) is 0 Å². The lowest BCUT2D eigenvalue weighted by molar-refractivity contribution is 0.526. The summed E-state index contributed by atoms with van der Waals surface area (Å²) in [5, 5.41) is 0. The van der Waals surface area contributed by atoms with Crippen molar-refractivity contribution < 1.29 is 0 Å². The van der Waals surface area contributed by atoms with Gasteiger partial charge in [0.05, 0.1) is 0 Å². The quantitative estimate of drug-likeness (QED) is 0.418. The van der Waals surface area contributed by atoms with Crippen molar-refractivity contribution in [3.63, 3.8) is 0 Å². The van der Waals surface area contributed by atoms with Crippen LogP contribution in [-0.4, -0.2) is 25.5 Å². The SMILES string of the molecule is CCCC=NCCCC(C)CN=CC(C)C. The molecule has 0 radical (unpaired) electrons. The number of aliphatic imine (C=N–C) groups is 2. The first kappa shape index (κ1) is 15.3. The lowest BCUT2D eigenvalue weighted by Crippen LogP contribution is -2.01. The van der Waals surface area contributed by atoms with E-state index >= 15 is 0 Å². The normalized spacial score (nSPS) is 14.3. The van der Waals surface area contributed by atoms with E-state index in [1.54, 1.807) is 0 Å². The molecule has 0 heterocycles. The lowest BCUT2D eigenvalue weighted by Gasteiger charge is -2.06. The summed E-state index contributed by atoms with van der Waals surface area (Å²) in [4.78, 5) is 8.81. The summed E-state index contributed by atoms with van der Waals surface area (Å²) in [5.74, 6) is 1.27. The highest BCUT2D eigenvalue weighted by Gasteiger charge is 1.99. The van der Waals surface area contributed by atoms with Crippen molar-refractivity contribution in [1.29, 1.82) is 0 Å². The molecule has 0 aliphatic carbocycles. The van der Waals surface area contributed by atoms with Crippen molar-refractivity contribution in [2.75, 3.05) is 13.1 Å². The maximum atomic E-state index is 4.44. The molecular weight excluding hydrogens is 196 g/mol. The van der Waals surface area contributed by atoms with Gasteiger partial charge in [0, 0.05) is 19.3 Å². The average Bonchev–Trinajstić information content (AvgIpc) is 2.22. The molecule has 0 N–H and O–H groups in total. The first-order valence-electron chi connectivity index (χ1n) is 6.65. The molecule has 2 heteroatoms. The van der Waals surface area contributed by atoms with E-state index in [0.717, 1.165) is 19.5 Å². The molecule has 0 spiro atoms. The molecule has 0 saturated heterocycles. The monoisotopic (exact) mass is 224 g/mol. The van der Waals surface area contributed by atoms with E-state index in [1.165, 1.54) is 19.3 Å². The van der Waals surface area contributed by atoms with Gasteiger partial charge in [-0.1, -0.05) is 34.1 Å². The van der Waals surface area contributed by atoms with Crippen molar-refractivity contribution in [2.24, 2.45) is 21.8 Å². The second kappa shape index (κ2) is 10.8. The van der Waals surface area contributed by atoms with E-state index < -0.39 is 0 Å². The molecule has 2 nitrogen and oxygen atoms in total. The van der Waals surface area contributed by atoms with Gasteiger partial charge < -0.3 is 0 Å². The molecule has 0 amide bonds. The van der Waals surface area contributed by atoms with Crippen LogP contribution in [-0.2, 0) is 0 Å². The Balaban J connectivity index is 3.40. The Morgan fingerprint density at radius 3 is 2.50 bits per heavy atom. The van der Waals surface area contributed by atoms with Crippen LogP contribution in [0.1, 0.15) is 53.4 Å². The highest BCUT2D eigenvalue weighted by atomic mass is 14.7. The molecular formula is C14H28N2. The molecule has 0 aliphatic heterocycles. The summed E-state index contributed by atoms with van der Waals surface area (Å²) in [6, 6.07) is 0. The molecule has 1 atom stereocenters. The summed E-state index contributed by atoms with van der Waals surface area (Å²) in [6.45, 7) is 10.7. The van der Waals surface area contributed by atoms with Crippen molar-refractivity contribution in [2.45, 2.75) is 53.4 Å². The molecule has 0 aromatic rings. The summed E-state index contributed by atoms with van der Waals surface area (Å²) >= 11 is 0. The fourth-order valence-corrected chi connectivity index (χ4v) is 1.39. The first-order chi connectivity index (χ1) is 7.66. The van der Waals surface area contributed by atoms with Crippen LogP contribution in [0.5, 0.6) is 0 Å². The van der Waals surface area contributed by atoms with Crippen LogP contribution in [0.3, 0.4) is 0 Å². The highest BCUT2D eigenvalue weighted by Crippen LogP contribution is 2.06. The fourth-order valence-electron chi connectivity index (χ4n) is 1.39. The van der Waals surface area contributed by atoms with Gasteiger partial charge in [-0.05, 0) is 37.3 Å². The topological polar surface area (TPSA) is 24.7 Å². The molecule has 94 valence electrons. The minimum Gasteiger partial charge on any atom is -0.298 e. The third kappa shape index (κ3) is 11.4. The number of nitrogens with zero attached hydrogens (tertiary/aromatic N) is 2. The predicted molar refractivity (Wildman–Crippen MR) is 74.9 cm³/mol. The second-order valence-corrected chi connectivity index (χ2v) is 4.88. The standard InChI is InChI=1S/C14H28N2/c1-5-6-9-15-10-7-8-14(4)12-16-11-13(2)3/h9,11,13-14H,5-8,10,12H2,1-4H3. The largest absolute Gasteiger partial charge is 0.298 e. The van der Waals surface area contributed by atoms with Gasteiger partial charge in [-0.25, -0.2) is 0 Å². The Kier molecular flexibility index (Phi) is 10.4. The van der Waals surface area contributed by atoms with Crippen molar-refractivity contribution in [3.8, 4) is 0 Å². The maximum Gasteiger partial charge on any atom is 0.0411 e. The number of hydrogen-bond acceptors (Lipinski definition) is 2. The van der Waals surface area contributed by atoms with E-state index in [2.05, 4.69) is 50.1 Å². The van der Waals surface area contributed by atoms with Gasteiger partial charge in [0.1, 0.15) is 0 Å². The van der Waals surface area contributed by atoms with E-state index in [-0.39, 0.29) is 0 Å². The smallest absolute Gasteiger partial charge is 0.0411 e. The lowest BCUT2D eigenvalue weighted by atomic mass is 10.1. The summed E-state index contributed by atoms with van der Waals surface area (Å²) in [7, 11) is 0. The molecule has 0 bridgehead atoms. The molecule has 0 aliphatic rings. The number of unbranched alkanes of at least 4 members (excludes halogenated alkanes) is 1. The van der Waals surface area contributed by atoms with Crippen LogP contribution in [0.15, 0.2) is 9.98 Å². The molecule has 0 saturated carbocycles. The third-order valence-electron chi connectivity index (χ3n) is 2.35.